The second kappa shape index (κ2) is 7.65. The van der Waals surface area contributed by atoms with Gasteiger partial charge in [-0.2, -0.15) is 0 Å². The normalized spacial score (nSPS) is 12.3. The molecular weight excluding hydrogens is 326 g/mol. The lowest BCUT2D eigenvalue weighted by Gasteiger charge is -2.22. The van der Waals surface area contributed by atoms with Crippen molar-refractivity contribution in [1.29, 1.82) is 0 Å². The number of carbonyl (C=O) groups excluding carboxylic acids is 1. The van der Waals surface area contributed by atoms with Crippen LogP contribution in [0.2, 0.25) is 0 Å². The Labute approximate surface area is 144 Å². The average Bonchev–Trinajstić information content (AvgIpc) is 2.53. The van der Waals surface area contributed by atoms with Crippen molar-refractivity contribution in [2.45, 2.75) is 38.8 Å². The van der Waals surface area contributed by atoms with Crippen molar-refractivity contribution in [2.24, 2.45) is 0 Å². The Bertz CT molecular complexity index is 746. The van der Waals surface area contributed by atoms with E-state index in [0.29, 0.717) is 17.0 Å². The summed E-state index contributed by atoms with van der Waals surface area (Å²) in [7, 11) is 0. The molecule has 1 heterocycles. The van der Waals surface area contributed by atoms with Crippen LogP contribution >= 0.6 is 0 Å². The van der Waals surface area contributed by atoms with E-state index in [1.54, 1.807) is 45.0 Å². The molecule has 9 heteroatoms. The Kier molecular flexibility index (Phi) is 5.58. The van der Waals surface area contributed by atoms with Crippen molar-refractivity contribution < 1.29 is 19.4 Å². The van der Waals surface area contributed by atoms with E-state index in [1.807, 2.05) is 0 Å². The zero-order valence-corrected chi connectivity index (χ0v) is 14.1. The summed E-state index contributed by atoms with van der Waals surface area (Å²) in [5.74, 6) is -0.827. The fourth-order valence-electron chi connectivity index (χ4n) is 2.04. The zero-order valence-electron chi connectivity index (χ0n) is 14.1. The van der Waals surface area contributed by atoms with Gasteiger partial charge in [0.25, 0.3) is 0 Å². The number of hydrogen-bond acceptors (Lipinski definition) is 7. The molecule has 9 nitrogen and oxygen atoms in total. The molecule has 0 saturated carbocycles. The number of nitrogens with one attached hydrogen (secondary N) is 1. The second-order valence-electron chi connectivity index (χ2n) is 6.31. The highest BCUT2D eigenvalue weighted by molar-refractivity contribution is 5.80. The predicted molar refractivity (Wildman–Crippen MR) is 87.6 cm³/mol. The van der Waals surface area contributed by atoms with Crippen molar-refractivity contribution in [2.75, 3.05) is 0 Å². The summed E-state index contributed by atoms with van der Waals surface area (Å²) in [6.45, 7) is 5.11. The zero-order chi connectivity index (χ0) is 18.4. The van der Waals surface area contributed by atoms with E-state index in [4.69, 9.17) is 4.74 Å². The Morgan fingerprint density at radius 3 is 2.52 bits per heavy atom. The van der Waals surface area contributed by atoms with E-state index in [0.717, 1.165) is 0 Å². The summed E-state index contributed by atoms with van der Waals surface area (Å²) in [5, 5.41) is 26.8. The molecule has 1 amide bonds. The number of ether oxygens (including phenoxy) is 1. The first kappa shape index (κ1) is 18.2. The second-order valence-corrected chi connectivity index (χ2v) is 6.31. The molecule has 0 aliphatic heterocycles. The topological polar surface area (TPSA) is 127 Å². The number of benzene rings is 1. The molecule has 1 aromatic heterocycles. The summed E-state index contributed by atoms with van der Waals surface area (Å²) in [6, 6.07) is 5.86. The molecule has 25 heavy (non-hydrogen) atoms. The molecule has 0 unspecified atom stereocenters. The summed E-state index contributed by atoms with van der Waals surface area (Å²) in [5.41, 5.74) is 0.630. The van der Waals surface area contributed by atoms with Crippen molar-refractivity contribution in [1.82, 2.24) is 25.7 Å². The molecule has 0 radical (unpaired) electrons. The molecule has 1 atom stereocenters. The molecule has 0 aliphatic rings. The quantitative estimate of drug-likeness (QED) is 0.833. The molecular formula is C16H19N5O4. The maximum Gasteiger partial charge on any atom is 0.408 e. The minimum atomic E-state index is -1.16. The molecule has 0 fully saturated rings. The van der Waals surface area contributed by atoms with E-state index in [1.165, 1.54) is 6.33 Å². The van der Waals surface area contributed by atoms with Crippen LogP contribution in [0.15, 0.2) is 30.6 Å². The predicted octanol–water partition coefficient (Wildman–Crippen LogP) is 1.45. The molecule has 2 N–H and O–H groups in total. The number of amides is 1. The number of rotatable bonds is 5. The largest absolute Gasteiger partial charge is 0.480 e. The minimum absolute atomic E-state index is 0.0795. The molecule has 0 saturated heterocycles. The first-order valence-electron chi connectivity index (χ1n) is 7.56. The van der Waals surface area contributed by atoms with E-state index in [9.17, 15) is 14.7 Å². The Morgan fingerprint density at radius 2 is 1.92 bits per heavy atom. The first-order valence-corrected chi connectivity index (χ1v) is 7.56. The van der Waals surface area contributed by atoms with Gasteiger partial charge < -0.3 is 15.2 Å². The van der Waals surface area contributed by atoms with Crippen molar-refractivity contribution in [3.05, 3.63) is 36.2 Å². The highest BCUT2D eigenvalue weighted by Crippen LogP contribution is 2.16. The van der Waals surface area contributed by atoms with Gasteiger partial charge in [-0.3, -0.25) is 0 Å². The van der Waals surface area contributed by atoms with Crippen molar-refractivity contribution >= 4 is 12.1 Å². The smallest absolute Gasteiger partial charge is 0.408 e. The highest BCUT2D eigenvalue weighted by Gasteiger charge is 2.24. The lowest BCUT2D eigenvalue weighted by molar-refractivity contribution is -0.139. The van der Waals surface area contributed by atoms with Crippen LogP contribution in [0.1, 0.15) is 26.3 Å². The molecule has 2 aromatic rings. The lowest BCUT2D eigenvalue weighted by atomic mass is 10.0. The number of aromatic nitrogens is 4. The number of aliphatic carboxylic acids is 1. The van der Waals surface area contributed by atoms with E-state index < -0.39 is 23.7 Å². The molecule has 1 aromatic carbocycles. The van der Waals surface area contributed by atoms with E-state index >= 15 is 0 Å². The van der Waals surface area contributed by atoms with E-state index in [-0.39, 0.29) is 6.42 Å². The number of carboxylic acid groups (broad SMARTS) is 1. The summed E-state index contributed by atoms with van der Waals surface area (Å²) >= 11 is 0. The number of carboxylic acids is 1. The monoisotopic (exact) mass is 345 g/mol. The number of nitrogens with zero attached hydrogens (tertiary/aromatic N) is 4. The van der Waals surface area contributed by atoms with Gasteiger partial charge in [0.2, 0.25) is 5.82 Å². The third-order valence-corrected chi connectivity index (χ3v) is 3.02. The summed E-state index contributed by atoms with van der Waals surface area (Å²) < 4.78 is 5.10. The summed E-state index contributed by atoms with van der Waals surface area (Å²) in [6.07, 6.45) is 0.519. The van der Waals surface area contributed by atoms with Gasteiger partial charge in [0.15, 0.2) is 6.33 Å². The third-order valence-electron chi connectivity index (χ3n) is 3.02. The molecule has 2 rings (SSSR count). The van der Waals surface area contributed by atoms with Gasteiger partial charge in [0.1, 0.15) is 11.6 Å². The number of hydrogen-bond donors (Lipinski definition) is 2. The van der Waals surface area contributed by atoms with Gasteiger partial charge in [-0.1, -0.05) is 18.2 Å². The SMILES string of the molecule is CC(C)(C)OC(=O)N[C@@H](Cc1cccc(-c2nncnn2)c1)C(=O)O. The van der Waals surface area contributed by atoms with Crippen LogP contribution in [0.5, 0.6) is 0 Å². The van der Waals surface area contributed by atoms with Crippen LogP contribution in [0.25, 0.3) is 11.4 Å². The van der Waals surface area contributed by atoms with Crippen LogP contribution in [0.4, 0.5) is 4.79 Å². The van der Waals surface area contributed by atoms with Gasteiger partial charge in [-0.05, 0) is 32.4 Å². The van der Waals surface area contributed by atoms with Crippen LogP contribution in [-0.4, -0.2) is 49.2 Å². The highest BCUT2D eigenvalue weighted by atomic mass is 16.6. The molecule has 0 spiro atoms. The fraction of sp³-hybridized carbons (Fsp3) is 0.375. The molecule has 0 aliphatic carbocycles. The Balaban J connectivity index is 2.12. The van der Waals surface area contributed by atoms with Gasteiger partial charge in [-0.25, -0.2) is 9.59 Å². The first-order chi connectivity index (χ1) is 11.7. The third kappa shape index (κ3) is 5.79. The van der Waals surface area contributed by atoms with Gasteiger partial charge in [0, 0.05) is 12.0 Å². The Hall–Kier alpha value is -3.10. The van der Waals surface area contributed by atoms with Gasteiger partial charge in [0.05, 0.1) is 0 Å². The van der Waals surface area contributed by atoms with Crippen LogP contribution in [0.3, 0.4) is 0 Å². The van der Waals surface area contributed by atoms with Crippen LogP contribution < -0.4 is 5.32 Å². The standard InChI is InChI=1S/C16H19N5O4/c1-16(2,3)25-15(24)19-12(14(22)23)8-10-5-4-6-11(7-10)13-20-17-9-18-21-13/h4-7,9,12H,8H2,1-3H3,(H,19,24)(H,22,23)/t12-/m0/s1. The minimum Gasteiger partial charge on any atom is -0.480 e. The molecule has 132 valence electrons. The summed E-state index contributed by atoms with van der Waals surface area (Å²) in [4.78, 5) is 23.3. The van der Waals surface area contributed by atoms with E-state index in [2.05, 4.69) is 25.7 Å². The van der Waals surface area contributed by atoms with Gasteiger partial charge >= 0.3 is 12.1 Å². The lowest BCUT2D eigenvalue weighted by Crippen LogP contribution is -2.44. The van der Waals surface area contributed by atoms with Crippen LogP contribution in [0, 0.1) is 0 Å². The van der Waals surface area contributed by atoms with Crippen molar-refractivity contribution in [3.8, 4) is 11.4 Å². The maximum atomic E-state index is 11.8. The van der Waals surface area contributed by atoms with Crippen molar-refractivity contribution in [3.63, 3.8) is 0 Å². The average molecular weight is 345 g/mol. The fourth-order valence-corrected chi connectivity index (χ4v) is 2.04. The van der Waals surface area contributed by atoms with Gasteiger partial charge in [-0.15, -0.1) is 20.4 Å². The number of carbonyl (C=O) groups is 2. The Morgan fingerprint density at radius 1 is 1.24 bits per heavy atom. The maximum absolute atomic E-state index is 11.8. The molecule has 0 bridgehead atoms. The number of alkyl carbamates (subject to hydrolysis) is 1. The van der Waals surface area contributed by atoms with Crippen LogP contribution in [-0.2, 0) is 16.0 Å².